The Kier molecular flexibility index (Phi) is 4.55. The average molecular weight is 400 g/mol. The van der Waals surface area contributed by atoms with Crippen molar-refractivity contribution in [1.82, 2.24) is 24.6 Å². The van der Waals surface area contributed by atoms with Crippen LogP contribution in [-0.2, 0) is 0 Å². The summed E-state index contributed by atoms with van der Waals surface area (Å²) in [5.74, 6) is -0.680. The van der Waals surface area contributed by atoms with Crippen LogP contribution < -0.4 is 10.1 Å². The third-order valence-corrected chi connectivity index (χ3v) is 3.81. The van der Waals surface area contributed by atoms with Gasteiger partial charge in [0.25, 0.3) is 5.91 Å². The largest absolute Gasteiger partial charge is 0.573 e. The normalized spacial score (nSPS) is 11.4. The van der Waals surface area contributed by atoms with Crippen LogP contribution in [0.3, 0.4) is 0 Å². The van der Waals surface area contributed by atoms with Gasteiger partial charge in [-0.05, 0) is 30.3 Å². The first-order valence-corrected chi connectivity index (χ1v) is 8.18. The van der Waals surface area contributed by atoms with E-state index in [0.717, 1.165) is 0 Å². The summed E-state index contributed by atoms with van der Waals surface area (Å²) in [5.41, 5.74) is 0.859. The number of rotatable bonds is 4. The van der Waals surface area contributed by atoms with Gasteiger partial charge in [0.1, 0.15) is 17.8 Å². The second kappa shape index (κ2) is 7.19. The number of nitrogens with zero attached hydrogens (tertiary/aromatic N) is 5. The molecule has 0 aliphatic carbocycles. The van der Waals surface area contributed by atoms with Gasteiger partial charge in [0.15, 0.2) is 11.5 Å². The Morgan fingerprint density at radius 1 is 1.07 bits per heavy atom. The van der Waals surface area contributed by atoms with Gasteiger partial charge in [-0.2, -0.15) is 9.61 Å². The van der Waals surface area contributed by atoms with E-state index < -0.39 is 18.0 Å². The molecule has 3 aromatic heterocycles. The van der Waals surface area contributed by atoms with Gasteiger partial charge < -0.3 is 10.1 Å². The van der Waals surface area contributed by atoms with E-state index in [1.807, 2.05) is 0 Å². The van der Waals surface area contributed by atoms with Gasteiger partial charge in [0.2, 0.25) is 0 Å². The van der Waals surface area contributed by atoms with Gasteiger partial charge in [0, 0.05) is 11.8 Å². The van der Waals surface area contributed by atoms with Gasteiger partial charge in [0.05, 0.1) is 11.9 Å². The number of aromatic nitrogens is 5. The lowest BCUT2D eigenvalue weighted by atomic mass is 10.1. The van der Waals surface area contributed by atoms with E-state index in [-0.39, 0.29) is 22.8 Å². The molecule has 146 valence electrons. The van der Waals surface area contributed by atoms with Crippen molar-refractivity contribution in [2.45, 2.75) is 6.36 Å². The minimum absolute atomic E-state index is 0.133. The molecule has 0 spiro atoms. The first-order chi connectivity index (χ1) is 13.9. The number of alkyl halides is 3. The highest BCUT2D eigenvalue weighted by molar-refractivity contribution is 6.02. The smallest absolute Gasteiger partial charge is 0.405 e. The third-order valence-electron chi connectivity index (χ3n) is 3.81. The van der Waals surface area contributed by atoms with Crippen molar-refractivity contribution in [3.05, 3.63) is 66.9 Å². The van der Waals surface area contributed by atoms with Crippen LogP contribution in [0.25, 0.3) is 16.9 Å². The number of imidazole rings is 1. The molecule has 4 aromatic rings. The summed E-state index contributed by atoms with van der Waals surface area (Å²) in [4.78, 5) is 24.0. The molecule has 1 N–H and O–H groups in total. The van der Waals surface area contributed by atoms with Gasteiger partial charge in [-0.1, -0.05) is 12.1 Å². The van der Waals surface area contributed by atoms with Crippen LogP contribution in [0, 0.1) is 0 Å². The lowest BCUT2D eigenvalue weighted by molar-refractivity contribution is -0.274. The molecular weight excluding hydrogens is 389 g/mol. The monoisotopic (exact) mass is 400 g/mol. The van der Waals surface area contributed by atoms with Crippen molar-refractivity contribution in [2.75, 3.05) is 5.32 Å². The van der Waals surface area contributed by atoms with Gasteiger partial charge in [-0.25, -0.2) is 15.0 Å². The van der Waals surface area contributed by atoms with E-state index in [1.165, 1.54) is 53.6 Å². The van der Waals surface area contributed by atoms with Crippen LogP contribution in [0.2, 0.25) is 0 Å². The number of hydrogen-bond acceptors (Lipinski definition) is 6. The van der Waals surface area contributed by atoms with Crippen LogP contribution in [0.15, 0.2) is 61.2 Å². The number of para-hydroxylation sites is 1. The zero-order chi connectivity index (χ0) is 20.4. The van der Waals surface area contributed by atoms with Crippen molar-refractivity contribution in [3.63, 3.8) is 0 Å². The molecule has 0 bridgehead atoms. The highest BCUT2D eigenvalue weighted by Gasteiger charge is 2.32. The molecule has 1 aromatic carbocycles. The molecule has 3 heterocycles. The molecule has 29 heavy (non-hydrogen) atoms. The zero-order valence-corrected chi connectivity index (χ0v) is 14.5. The topological polar surface area (TPSA) is 94.3 Å². The maximum atomic E-state index is 12.7. The predicted molar refractivity (Wildman–Crippen MR) is 95.1 cm³/mol. The Morgan fingerprint density at radius 2 is 1.90 bits per heavy atom. The Bertz CT molecular complexity index is 1180. The fourth-order valence-corrected chi connectivity index (χ4v) is 2.60. The molecule has 0 radical (unpaired) electrons. The summed E-state index contributed by atoms with van der Waals surface area (Å²) in [6.07, 6.45) is -0.809. The number of carbonyl (C=O) groups is 1. The first-order valence-electron chi connectivity index (χ1n) is 8.18. The maximum absolute atomic E-state index is 12.7. The number of halogens is 3. The predicted octanol–water partition coefficient (Wildman–Crippen LogP) is 3.34. The lowest BCUT2D eigenvalue weighted by Gasteiger charge is -2.13. The maximum Gasteiger partial charge on any atom is 0.573 e. The van der Waals surface area contributed by atoms with Crippen molar-refractivity contribution in [2.24, 2.45) is 0 Å². The summed E-state index contributed by atoms with van der Waals surface area (Å²) >= 11 is 0. The SMILES string of the molecule is O=C(Nc1cnc2ccc(-c3ccccc3OC(F)(F)F)nn12)c1ccncn1. The molecule has 0 saturated heterocycles. The highest BCUT2D eigenvalue weighted by atomic mass is 19.4. The number of benzene rings is 1. The standard InChI is InChI=1S/C18H11F3N6O2/c19-18(20,21)29-14-4-2-1-3-11(14)12-5-6-15-23-9-16(27(15)26-12)25-17(28)13-7-8-22-10-24-13/h1-10H,(H,25,28). The lowest BCUT2D eigenvalue weighted by Crippen LogP contribution is -2.18. The molecule has 0 aliphatic heterocycles. The van der Waals surface area contributed by atoms with Crippen LogP contribution in [-0.4, -0.2) is 36.8 Å². The third kappa shape index (κ3) is 3.98. The van der Waals surface area contributed by atoms with Crippen molar-refractivity contribution in [1.29, 1.82) is 0 Å². The zero-order valence-electron chi connectivity index (χ0n) is 14.5. The summed E-state index contributed by atoms with van der Waals surface area (Å²) in [6, 6.07) is 10.1. The number of carbonyl (C=O) groups excluding carboxylic acids is 1. The number of ether oxygens (including phenoxy) is 1. The molecule has 0 saturated carbocycles. The fraction of sp³-hybridized carbons (Fsp3) is 0.0556. The van der Waals surface area contributed by atoms with Crippen molar-refractivity contribution < 1.29 is 22.7 Å². The number of anilines is 1. The summed E-state index contributed by atoms with van der Waals surface area (Å²) in [6.45, 7) is 0. The van der Waals surface area contributed by atoms with Crippen molar-refractivity contribution >= 4 is 17.4 Å². The van der Waals surface area contributed by atoms with E-state index in [9.17, 15) is 18.0 Å². The number of nitrogens with one attached hydrogen (secondary N) is 1. The second-order valence-corrected chi connectivity index (χ2v) is 5.72. The minimum atomic E-state index is -4.84. The van der Waals surface area contributed by atoms with E-state index in [2.05, 4.69) is 30.1 Å². The molecule has 0 unspecified atom stereocenters. The molecule has 1 amide bonds. The highest BCUT2D eigenvalue weighted by Crippen LogP contribution is 2.32. The van der Waals surface area contributed by atoms with E-state index in [1.54, 1.807) is 12.1 Å². The molecule has 0 fully saturated rings. The van der Waals surface area contributed by atoms with Crippen LogP contribution in [0.1, 0.15) is 10.5 Å². The number of fused-ring (bicyclic) bond motifs is 1. The molecule has 0 atom stereocenters. The first kappa shape index (κ1) is 18.3. The Labute approximate surface area is 161 Å². The summed E-state index contributed by atoms with van der Waals surface area (Å²) in [7, 11) is 0. The van der Waals surface area contributed by atoms with E-state index in [4.69, 9.17) is 0 Å². The van der Waals surface area contributed by atoms with Crippen LogP contribution >= 0.6 is 0 Å². The molecule has 0 aliphatic rings. The number of hydrogen-bond donors (Lipinski definition) is 1. The van der Waals surface area contributed by atoms with Crippen LogP contribution in [0.5, 0.6) is 5.75 Å². The van der Waals surface area contributed by atoms with Crippen LogP contribution in [0.4, 0.5) is 19.0 Å². The molecule has 8 nitrogen and oxygen atoms in total. The van der Waals surface area contributed by atoms with Crippen molar-refractivity contribution in [3.8, 4) is 17.0 Å². The Hall–Kier alpha value is -4.02. The second-order valence-electron chi connectivity index (χ2n) is 5.72. The van der Waals surface area contributed by atoms with Gasteiger partial charge >= 0.3 is 6.36 Å². The van der Waals surface area contributed by atoms with E-state index >= 15 is 0 Å². The quantitative estimate of drug-likeness (QED) is 0.565. The summed E-state index contributed by atoms with van der Waals surface area (Å²) in [5, 5.41) is 6.91. The fourth-order valence-electron chi connectivity index (χ4n) is 2.60. The molecular formula is C18H11F3N6O2. The average Bonchev–Trinajstić information content (AvgIpc) is 3.10. The summed E-state index contributed by atoms with van der Waals surface area (Å²) < 4.78 is 43.5. The van der Waals surface area contributed by atoms with Gasteiger partial charge in [-0.15, -0.1) is 13.2 Å². The Morgan fingerprint density at radius 3 is 2.66 bits per heavy atom. The molecule has 11 heteroatoms. The molecule has 4 rings (SSSR count). The van der Waals surface area contributed by atoms with Gasteiger partial charge in [-0.3, -0.25) is 4.79 Å². The number of amides is 1. The van der Waals surface area contributed by atoms with E-state index in [0.29, 0.717) is 5.65 Å². The Balaban J connectivity index is 1.71. The minimum Gasteiger partial charge on any atom is -0.405 e.